The van der Waals surface area contributed by atoms with Crippen LogP contribution < -0.4 is 0 Å². The Labute approximate surface area is 126 Å². The minimum Gasteiger partial charge on any atom is -0.664 e. The number of hydrogen-bond acceptors (Lipinski definition) is 0. The molecule has 2 aromatic rings. The zero-order chi connectivity index (χ0) is 14.3. The molecule has 104 valence electrons. The Balaban J connectivity index is 1.86. The zero-order valence-corrected chi connectivity index (χ0v) is 11.9. The smallest absolute Gasteiger partial charge is 0.0123 e. The van der Waals surface area contributed by atoms with E-state index in [2.05, 4.69) is 72.1 Å². The molecule has 0 saturated carbocycles. The van der Waals surface area contributed by atoms with Gasteiger partial charge in [0.2, 0.25) is 0 Å². The van der Waals surface area contributed by atoms with Gasteiger partial charge in [-0.2, -0.15) is 6.20 Å². The molecule has 0 atom stereocenters. The van der Waals surface area contributed by atoms with Gasteiger partial charge in [0.1, 0.15) is 0 Å². The third-order valence-corrected chi connectivity index (χ3v) is 3.65. The average molecular weight is 272 g/mol. The monoisotopic (exact) mass is 272 g/mol. The Hall–Kier alpha value is -2.54. The highest BCUT2D eigenvalue weighted by molar-refractivity contribution is 5.42. The Bertz CT molecular complexity index is 611. The van der Waals surface area contributed by atoms with E-state index in [1.54, 1.807) is 0 Å². The summed E-state index contributed by atoms with van der Waals surface area (Å²) >= 11 is 0. The molecule has 0 unspecified atom stereocenters. The molecule has 1 nitrogen and oxygen atoms in total. The van der Waals surface area contributed by atoms with Crippen molar-refractivity contribution >= 4 is 0 Å². The topological polar surface area (TPSA) is 14.1 Å². The highest BCUT2D eigenvalue weighted by Gasteiger charge is 2.11. The van der Waals surface area contributed by atoms with Crippen molar-refractivity contribution in [3.05, 3.63) is 113 Å². The maximum Gasteiger partial charge on any atom is 0.0123 e. The average Bonchev–Trinajstić information content (AvgIpc) is 2.58. The van der Waals surface area contributed by atoms with Gasteiger partial charge in [-0.25, -0.2) is 0 Å². The Morgan fingerprint density at radius 3 is 1.95 bits per heavy atom. The van der Waals surface area contributed by atoms with Crippen LogP contribution in [0.5, 0.6) is 0 Å². The summed E-state index contributed by atoms with van der Waals surface area (Å²) in [4.78, 5) is 0. The Morgan fingerprint density at radius 2 is 1.43 bits per heavy atom. The minimum atomic E-state index is 0.370. The number of allylic oxidation sites excluding steroid dienone is 4. The number of hydrogen-bond donors (Lipinski definition) is 0. The maximum absolute atomic E-state index is 4.38. The van der Waals surface area contributed by atoms with E-state index in [0.29, 0.717) is 5.92 Å². The van der Waals surface area contributed by atoms with E-state index in [4.69, 9.17) is 0 Å². The second-order valence-corrected chi connectivity index (χ2v) is 5.07. The lowest BCUT2D eigenvalue weighted by molar-refractivity contribution is 0.827. The van der Waals surface area contributed by atoms with Crippen LogP contribution >= 0.6 is 0 Å². The minimum absolute atomic E-state index is 0.370. The van der Waals surface area contributed by atoms with E-state index in [9.17, 15) is 0 Å². The summed E-state index contributed by atoms with van der Waals surface area (Å²) in [6, 6.07) is 21.3. The molecule has 2 aromatic carbocycles. The Morgan fingerprint density at radius 1 is 0.810 bits per heavy atom. The lowest BCUT2D eigenvalue weighted by Gasteiger charge is -2.23. The van der Waals surface area contributed by atoms with Gasteiger partial charge >= 0.3 is 0 Å². The van der Waals surface area contributed by atoms with Crippen molar-refractivity contribution in [2.45, 2.75) is 12.3 Å². The fraction of sp³-hybridized carbons (Fsp3) is 0.100. The molecule has 0 saturated heterocycles. The third-order valence-electron chi connectivity index (χ3n) is 3.65. The SMILES string of the molecule is C1=C[N-]/C(=C/CC(c2ccccc2)c2ccccc2)C=C1. The van der Waals surface area contributed by atoms with Gasteiger partial charge in [0.15, 0.2) is 0 Å². The van der Waals surface area contributed by atoms with Crippen molar-refractivity contribution < 1.29 is 0 Å². The number of nitrogens with zero attached hydrogens (tertiary/aromatic N) is 1. The van der Waals surface area contributed by atoms with Crippen LogP contribution in [-0.2, 0) is 0 Å². The van der Waals surface area contributed by atoms with E-state index in [1.807, 2.05) is 24.4 Å². The van der Waals surface area contributed by atoms with Crippen molar-refractivity contribution in [2.24, 2.45) is 0 Å². The molecule has 0 aliphatic carbocycles. The highest BCUT2D eigenvalue weighted by atomic mass is 14.8. The molecular weight excluding hydrogens is 254 g/mol. The molecule has 0 N–H and O–H groups in total. The quantitative estimate of drug-likeness (QED) is 0.693. The van der Waals surface area contributed by atoms with Crippen LogP contribution in [-0.4, -0.2) is 0 Å². The van der Waals surface area contributed by atoms with Gasteiger partial charge in [-0.05, 0) is 17.5 Å². The van der Waals surface area contributed by atoms with Crippen LogP contribution in [0, 0.1) is 0 Å². The zero-order valence-electron chi connectivity index (χ0n) is 11.9. The van der Waals surface area contributed by atoms with Gasteiger partial charge in [0.25, 0.3) is 0 Å². The van der Waals surface area contributed by atoms with Gasteiger partial charge in [-0.15, -0.1) is 5.70 Å². The van der Waals surface area contributed by atoms with Crippen molar-refractivity contribution in [3.63, 3.8) is 0 Å². The van der Waals surface area contributed by atoms with Crippen molar-refractivity contribution in [2.75, 3.05) is 0 Å². The largest absolute Gasteiger partial charge is 0.664 e. The predicted molar refractivity (Wildman–Crippen MR) is 89.1 cm³/mol. The van der Waals surface area contributed by atoms with Crippen LogP contribution in [0.3, 0.4) is 0 Å². The molecule has 1 aliphatic rings. The third kappa shape index (κ3) is 3.51. The second kappa shape index (κ2) is 6.76. The van der Waals surface area contributed by atoms with Crippen LogP contribution in [0.4, 0.5) is 0 Å². The summed E-state index contributed by atoms with van der Waals surface area (Å²) in [5.41, 5.74) is 3.72. The van der Waals surface area contributed by atoms with E-state index in [-0.39, 0.29) is 0 Å². The van der Waals surface area contributed by atoms with Gasteiger partial charge in [-0.3, -0.25) is 0 Å². The van der Waals surface area contributed by atoms with Crippen LogP contribution in [0.25, 0.3) is 5.32 Å². The summed E-state index contributed by atoms with van der Waals surface area (Å²) in [5, 5.41) is 4.38. The molecule has 0 bridgehead atoms. The number of benzene rings is 2. The highest BCUT2D eigenvalue weighted by Crippen LogP contribution is 2.29. The molecule has 1 heterocycles. The van der Waals surface area contributed by atoms with Gasteiger partial charge in [0, 0.05) is 5.92 Å². The van der Waals surface area contributed by atoms with Crippen molar-refractivity contribution in [1.82, 2.24) is 0 Å². The lowest BCUT2D eigenvalue weighted by atomic mass is 9.88. The van der Waals surface area contributed by atoms with E-state index in [1.165, 1.54) is 11.1 Å². The van der Waals surface area contributed by atoms with E-state index >= 15 is 0 Å². The first-order valence-electron chi connectivity index (χ1n) is 7.27. The molecule has 1 heteroatoms. The summed E-state index contributed by atoms with van der Waals surface area (Å²) in [5.74, 6) is 0.370. The molecule has 3 rings (SSSR count). The summed E-state index contributed by atoms with van der Waals surface area (Å²) in [6.45, 7) is 0. The summed E-state index contributed by atoms with van der Waals surface area (Å²) < 4.78 is 0. The Kier molecular flexibility index (Phi) is 4.33. The molecule has 21 heavy (non-hydrogen) atoms. The first-order valence-corrected chi connectivity index (χ1v) is 7.27. The van der Waals surface area contributed by atoms with Crippen molar-refractivity contribution in [1.29, 1.82) is 0 Å². The van der Waals surface area contributed by atoms with Gasteiger partial charge < -0.3 is 5.32 Å². The van der Waals surface area contributed by atoms with E-state index in [0.717, 1.165) is 12.1 Å². The van der Waals surface area contributed by atoms with Gasteiger partial charge in [-0.1, -0.05) is 85.0 Å². The van der Waals surface area contributed by atoms with Crippen LogP contribution in [0.2, 0.25) is 0 Å². The summed E-state index contributed by atoms with van der Waals surface area (Å²) in [6.07, 6.45) is 11.0. The molecular formula is C20H18N-. The lowest BCUT2D eigenvalue weighted by Crippen LogP contribution is -2.00. The van der Waals surface area contributed by atoms with Crippen LogP contribution in [0.15, 0.2) is 96.9 Å². The molecule has 0 radical (unpaired) electrons. The fourth-order valence-corrected chi connectivity index (χ4v) is 2.57. The van der Waals surface area contributed by atoms with E-state index < -0.39 is 0 Å². The summed E-state index contributed by atoms with van der Waals surface area (Å²) in [7, 11) is 0. The standard InChI is InChI=1S/C20H18N/c1-3-9-17(10-4-1)20(18-11-5-2-6-12-18)15-14-19-13-7-8-16-21-19/h1-14,16,20H,15H2/q-1/b19-14+. The predicted octanol–water partition coefficient (Wildman–Crippen LogP) is 5.55. The molecule has 1 aliphatic heterocycles. The van der Waals surface area contributed by atoms with Crippen LogP contribution in [0.1, 0.15) is 23.5 Å². The molecule has 0 amide bonds. The maximum atomic E-state index is 4.38. The fourth-order valence-electron chi connectivity index (χ4n) is 2.57. The van der Waals surface area contributed by atoms with Crippen molar-refractivity contribution in [3.8, 4) is 0 Å². The number of rotatable bonds is 4. The first-order chi connectivity index (χ1) is 10.4. The molecule has 0 fully saturated rings. The van der Waals surface area contributed by atoms with Gasteiger partial charge in [0.05, 0.1) is 0 Å². The first kappa shape index (κ1) is 13.4. The normalized spacial score (nSPS) is 15.4. The second-order valence-electron chi connectivity index (χ2n) is 5.07. The molecule has 0 spiro atoms. The molecule has 0 aromatic heterocycles.